The number of fused-ring (bicyclic) bond motifs is 4. The number of carbonyl (C=O) groups excluding carboxylic acids is 3. The SMILES string of the molecule is C[C@H]1C[C@@H](C2OC2OCC(=O)c2ccc3c(c2)COc2cc4c(cc2-3)CCC(Br)C4=O)N(C(=O)OC(C)(C)C)C1. The van der Waals surface area contributed by atoms with Crippen molar-refractivity contribution in [2.24, 2.45) is 5.92 Å². The molecule has 2 aromatic rings. The van der Waals surface area contributed by atoms with Gasteiger partial charge < -0.3 is 23.8 Å². The smallest absolute Gasteiger partial charge is 0.410 e. The molecule has 8 nitrogen and oxygen atoms in total. The molecule has 2 aromatic carbocycles. The van der Waals surface area contributed by atoms with Crippen molar-refractivity contribution < 1.29 is 33.3 Å². The first-order valence-corrected chi connectivity index (χ1v) is 14.8. The van der Waals surface area contributed by atoms with Gasteiger partial charge in [0, 0.05) is 23.2 Å². The van der Waals surface area contributed by atoms with Gasteiger partial charge in [-0.25, -0.2) is 4.79 Å². The standard InChI is InChI=1S/C31H34BrNO7/c1-16-9-24(33(13-16)30(36)40-31(2,3)4)28-29(39-28)38-15-25(34)18-5-7-20-19(10-18)14-37-26-12-21-17(11-22(20)26)6-8-23(32)27(21)35/h5,7,10-12,16,23-24,28-29H,6,8-9,13-15H2,1-4H3/t16-,23?,24-,28?,29?/m0/s1. The number of ether oxygens (including phenoxy) is 4. The Morgan fingerprint density at radius 2 is 1.90 bits per heavy atom. The quantitative estimate of drug-likeness (QED) is 0.243. The van der Waals surface area contributed by atoms with Gasteiger partial charge in [-0.1, -0.05) is 35.0 Å². The van der Waals surface area contributed by atoms with Gasteiger partial charge >= 0.3 is 6.09 Å². The van der Waals surface area contributed by atoms with Crippen LogP contribution in [0.4, 0.5) is 4.79 Å². The van der Waals surface area contributed by atoms with Crippen molar-refractivity contribution in [2.75, 3.05) is 13.2 Å². The van der Waals surface area contributed by atoms with Gasteiger partial charge in [0.1, 0.15) is 30.7 Å². The van der Waals surface area contributed by atoms with E-state index >= 15 is 0 Å². The van der Waals surface area contributed by atoms with Gasteiger partial charge in [0.25, 0.3) is 0 Å². The van der Waals surface area contributed by atoms with Crippen molar-refractivity contribution in [3.8, 4) is 16.9 Å². The number of hydrogen-bond donors (Lipinski definition) is 0. The molecular formula is C31H34BrNO7. The zero-order valence-corrected chi connectivity index (χ0v) is 24.8. The molecule has 4 aliphatic rings. The zero-order valence-electron chi connectivity index (χ0n) is 23.2. The van der Waals surface area contributed by atoms with E-state index in [2.05, 4.69) is 28.9 Å². The summed E-state index contributed by atoms with van der Waals surface area (Å²) >= 11 is 3.47. The molecule has 1 aliphatic carbocycles. The maximum atomic E-state index is 13.0. The lowest BCUT2D eigenvalue weighted by atomic mass is 9.85. The lowest BCUT2D eigenvalue weighted by Crippen LogP contribution is -2.42. The number of epoxide rings is 1. The Kier molecular flexibility index (Phi) is 7.04. The fraction of sp³-hybridized carbons (Fsp3) is 0.516. The number of carbonyl (C=O) groups is 3. The average Bonchev–Trinajstić information content (AvgIpc) is 3.58. The highest BCUT2D eigenvalue weighted by molar-refractivity contribution is 9.10. The number of likely N-dealkylation sites (tertiary alicyclic amines) is 1. The second-order valence-electron chi connectivity index (χ2n) is 12.3. The minimum Gasteiger partial charge on any atom is -0.488 e. The molecular weight excluding hydrogens is 578 g/mol. The van der Waals surface area contributed by atoms with Gasteiger partial charge in [-0.2, -0.15) is 0 Å². The van der Waals surface area contributed by atoms with Crippen LogP contribution in [0.3, 0.4) is 0 Å². The third-order valence-electron chi connectivity index (χ3n) is 7.94. The fourth-order valence-corrected chi connectivity index (χ4v) is 6.44. The number of alkyl halides is 1. The predicted molar refractivity (Wildman–Crippen MR) is 151 cm³/mol. The summed E-state index contributed by atoms with van der Waals surface area (Å²) in [5.41, 5.74) is 4.61. The molecule has 0 radical (unpaired) electrons. The van der Waals surface area contributed by atoms with Gasteiger partial charge in [-0.15, -0.1) is 0 Å². The Morgan fingerprint density at radius 1 is 1.10 bits per heavy atom. The zero-order chi connectivity index (χ0) is 28.3. The molecule has 6 rings (SSSR count). The third-order valence-corrected chi connectivity index (χ3v) is 8.82. The highest BCUT2D eigenvalue weighted by Crippen LogP contribution is 2.42. The lowest BCUT2D eigenvalue weighted by molar-refractivity contribution is 0.0199. The van der Waals surface area contributed by atoms with Crippen LogP contribution in [0.25, 0.3) is 11.1 Å². The van der Waals surface area contributed by atoms with Crippen LogP contribution in [-0.4, -0.2) is 64.6 Å². The minimum absolute atomic E-state index is 0.0984. The summed E-state index contributed by atoms with van der Waals surface area (Å²) in [7, 11) is 0. The van der Waals surface area contributed by atoms with Crippen LogP contribution < -0.4 is 4.74 Å². The molecule has 0 N–H and O–H groups in total. The van der Waals surface area contributed by atoms with E-state index in [0.29, 0.717) is 30.4 Å². The van der Waals surface area contributed by atoms with E-state index in [-0.39, 0.29) is 41.2 Å². The number of aryl methyl sites for hydroxylation is 1. The summed E-state index contributed by atoms with van der Waals surface area (Å²) in [4.78, 5) is 39.9. The Balaban J connectivity index is 1.09. The van der Waals surface area contributed by atoms with E-state index in [0.717, 1.165) is 47.1 Å². The maximum Gasteiger partial charge on any atom is 0.410 e. The maximum absolute atomic E-state index is 13.0. The van der Waals surface area contributed by atoms with E-state index < -0.39 is 11.9 Å². The molecule has 3 unspecified atom stereocenters. The molecule has 0 aromatic heterocycles. The van der Waals surface area contributed by atoms with Crippen molar-refractivity contribution in [3.63, 3.8) is 0 Å². The summed E-state index contributed by atoms with van der Waals surface area (Å²) in [5, 5.41) is 0. The third kappa shape index (κ3) is 5.31. The largest absolute Gasteiger partial charge is 0.488 e. The second kappa shape index (κ2) is 10.3. The van der Waals surface area contributed by atoms with Crippen LogP contribution in [0.1, 0.15) is 72.4 Å². The van der Waals surface area contributed by atoms with E-state index in [1.165, 1.54) is 0 Å². The molecule has 3 heterocycles. The van der Waals surface area contributed by atoms with Crippen molar-refractivity contribution >= 4 is 33.6 Å². The summed E-state index contributed by atoms with van der Waals surface area (Å²) in [6.07, 6.45) is 1.27. The van der Waals surface area contributed by atoms with Crippen LogP contribution in [-0.2, 0) is 27.2 Å². The van der Waals surface area contributed by atoms with Gasteiger partial charge in [0.15, 0.2) is 17.9 Å². The van der Waals surface area contributed by atoms with Gasteiger partial charge in [0.05, 0.1) is 10.9 Å². The monoisotopic (exact) mass is 611 g/mol. The first-order chi connectivity index (χ1) is 19.0. The van der Waals surface area contributed by atoms with E-state index in [1.807, 2.05) is 45.0 Å². The molecule has 2 saturated heterocycles. The number of amides is 1. The molecule has 1 amide bonds. The van der Waals surface area contributed by atoms with Crippen LogP contribution in [0.15, 0.2) is 30.3 Å². The first kappa shape index (κ1) is 27.4. The molecule has 9 heteroatoms. The number of Topliss-reactive ketones (excluding diaryl/α,β-unsaturated/α-hetero) is 2. The Labute approximate surface area is 242 Å². The van der Waals surface area contributed by atoms with Crippen molar-refractivity contribution in [2.45, 2.75) is 82.4 Å². The molecule has 0 saturated carbocycles. The van der Waals surface area contributed by atoms with Crippen molar-refractivity contribution in [1.29, 1.82) is 0 Å². The van der Waals surface area contributed by atoms with E-state index in [4.69, 9.17) is 18.9 Å². The normalized spacial score (nSPS) is 26.9. The highest BCUT2D eigenvalue weighted by Gasteiger charge is 2.53. The molecule has 5 atom stereocenters. The average molecular weight is 613 g/mol. The summed E-state index contributed by atoms with van der Waals surface area (Å²) in [6, 6.07) is 9.40. The molecule has 2 fully saturated rings. The van der Waals surface area contributed by atoms with Crippen LogP contribution >= 0.6 is 15.9 Å². The molecule has 0 bridgehead atoms. The number of hydrogen-bond acceptors (Lipinski definition) is 7. The van der Waals surface area contributed by atoms with Crippen LogP contribution in [0.2, 0.25) is 0 Å². The van der Waals surface area contributed by atoms with Crippen LogP contribution in [0, 0.1) is 5.92 Å². The number of halogens is 1. The summed E-state index contributed by atoms with van der Waals surface area (Å²) in [5.74, 6) is 0.980. The number of ketones is 2. The Hall–Kier alpha value is -2.75. The minimum atomic E-state index is -0.572. The summed E-state index contributed by atoms with van der Waals surface area (Å²) in [6.45, 7) is 8.48. The van der Waals surface area contributed by atoms with Gasteiger partial charge in [-0.05, 0) is 80.8 Å². The Morgan fingerprint density at radius 3 is 2.67 bits per heavy atom. The second-order valence-corrected chi connectivity index (χ2v) is 13.4. The molecule has 40 heavy (non-hydrogen) atoms. The van der Waals surface area contributed by atoms with Gasteiger partial charge in [-0.3, -0.25) is 9.59 Å². The number of rotatable bonds is 5. The molecule has 3 aliphatic heterocycles. The molecule has 0 spiro atoms. The fourth-order valence-electron chi connectivity index (χ4n) is 5.96. The van der Waals surface area contributed by atoms with E-state index in [9.17, 15) is 14.4 Å². The molecule has 212 valence electrons. The lowest BCUT2D eigenvalue weighted by Gasteiger charge is -2.28. The predicted octanol–water partition coefficient (Wildman–Crippen LogP) is 5.71. The van der Waals surface area contributed by atoms with Gasteiger partial charge in [0.2, 0.25) is 0 Å². The van der Waals surface area contributed by atoms with Crippen molar-refractivity contribution in [1.82, 2.24) is 4.90 Å². The topological polar surface area (TPSA) is 94.7 Å². The van der Waals surface area contributed by atoms with Crippen molar-refractivity contribution in [3.05, 3.63) is 52.6 Å². The first-order valence-electron chi connectivity index (χ1n) is 13.9. The van der Waals surface area contributed by atoms with E-state index in [1.54, 1.807) is 4.90 Å². The van der Waals surface area contributed by atoms with Crippen LogP contribution in [0.5, 0.6) is 5.75 Å². The Bertz CT molecular complexity index is 1380. The number of benzene rings is 2. The number of nitrogens with zero attached hydrogens (tertiary/aromatic N) is 1. The summed E-state index contributed by atoms with van der Waals surface area (Å²) < 4.78 is 23.2. The highest BCUT2D eigenvalue weighted by atomic mass is 79.9.